The third-order valence-corrected chi connectivity index (χ3v) is 4.67. The number of rotatable bonds is 5. The molecule has 2 heterocycles. The molecule has 5 nitrogen and oxygen atoms in total. The molecule has 1 atom stereocenters. The van der Waals surface area contributed by atoms with E-state index in [1.807, 2.05) is 30.3 Å². The number of methoxy groups -OCH3 is 1. The van der Waals surface area contributed by atoms with Crippen LogP contribution in [0, 0.1) is 0 Å². The summed E-state index contributed by atoms with van der Waals surface area (Å²) >= 11 is 0. The van der Waals surface area contributed by atoms with E-state index in [9.17, 15) is 9.90 Å². The second-order valence-corrected chi connectivity index (χ2v) is 6.29. The fourth-order valence-electron chi connectivity index (χ4n) is 3.30. The van der Waals surface area contributed by atoms with E-state index >= 15 is 0 Å². The summed E-state index contributed by atoms with van der Waals surface area (Å²) in [7, 11) is 1.57. The fraction of sp³-hybridized carbons (Fsp3) is 0.136. The summed E-state index contributed by atoms with van der Waals surface area (Å²) in [4.78, 5) is 12.7. The predicted molar refractivity (Wildman–Crippen MR) is 98.8 cm³/mol. The lowest BCUT2D eigenvalue weighted by Gasteiger charge is -2.25. The zero-order valence-corrected chi connectivity index (χ0v) is 14.7. The van der Waals surface area contributed by atoms with Crippen LogP contribution in [0.1, 0.15) is 16.7 Å². The van der Waals surface area contributed by atoms with Crippen molar-refractivity contribution < 1.29 is 23.8 Å². The molecule has 2 aromatic carbocycles. The van der Waals surface area contributed by atoms with Crippen molar-refractivity contribution in [3.05, 3.63) is 95.5 Å². The number of hydrogen-bond acceptors (Lipinski definition) is 5. The zero-order chi connectivity index (χ0) is 18.9. The number of cyclic esters (lactones) is 1. The lowest BCUT2D eigenvalue weighted by atomic mass is 9.88. The number of ether oxygens (including phenoxy) is 2. The van der Waals surface area contributed by atoms with Gasteiger partial charge in [0.25, 0.3) is 5.79 Å². The maximum atomic E-state index is 12.7. The van der Waals surface area contributed by atoms with Crippen molar-refractivity contribution in [3.8, 4) is 5.75 Å². The van der Waals surface area contributed by atoms with Crippen LogP contribution in [0.3, 0.4) is 0 Å². The molecular formula is C22H18O5. The molecule has 4 rings (SSSR count). The van der Waals surface area contributed by atoms with Gasteiger partial charge in [0.2, 0.25) is 0 Å². The summed E-state index contributed by atoms with van der Waals surface area (Å²) < 4.78 is 15.8. The first-order valence-electron chi connectivity index (χ1n) is 8.52. The topological polar surface area (TPSA) is 68.9 Å². The van der Waals surface area contributed by atoms with Gasteiger partial charge in [-0.2, -0.15) is 0 Å². The van der Waals surface area contributed by atoms with Gasteiger partial charge < -0.3 is 19.0 Å². The smallest absolute Gasteiger partial charge is 0.342 e. The first-order valence-corrected chi connectivity index (χ1v) is 8.52. The van der Waals surface area contributed by atoms with E-state index < -0.39 is 11.8 Å². The summed E-state index contributed by atoms with van der Waals surface area (Å²) in [6.45, 7) is 0. The second-order valence-electron chi connectivity index (χ2n) is 6.29. The first kappa shape index (κ1) is 17.1. The molecule has 0 radical (unpaired) electrons. The number of carbonyl (C=O) groups excluding carboxylic acids is 1. The molecule has 27 heavy (non-hydrogen) atoms. The maximum absolute atomic E-state index is 12.7. The quantitative estimate of drug-likeness (QED) is 0.701. The summed E-state index contributed by atoms with van der Waals surface area (Å²) in [5.41, 5.74) is 2.80. The highest BCUT2D eigenvalue weighted by molar-refractivity contribution is 6.20. The molecule has 1 unspecified atom stereocenters. The lowest BCUT2D eigenvalue weighted by molar-refractivity contribution is -0.185. The van der Waals surface area contributed by atoms with Crippen LogP contribution in [0.5, 0.6) is 5.75 Å². The highest BCUT2D eigenvalue weighted by Gasteiger charge is 2.48. The van der Waals surface area contributed by atoms with E-state index in [2.05, 4.69) is 0 Å². The summed E-state index contributed by atoms with van der Waals surface area (Å²) in [6, 6.07) is 18.1. The van der Waals surface area contributed by atoms with Gasteiger partial charge in [0.05, 0.1) is 25.2 Å². The van der Waals surface area contributed by atoms with Gasteiger partial charge >= 0.3 is 5.97 Å². The minimum atomic E-state index is -1.86. The number of furan rings is 1. The Hall–Kier alpha value is -3.31. The predicted octanol–water partition coefficient (Wildman–Crippen LogP) is 3.69. The van der Waals surface area contributed by atoms with E-state index in [1.54, 1.807) is 37.4 Å². The van der Waals surface area contributed by atoms with Gasteiger partial charge in [0, 0.05) is 23.1 Å². The van der Waals surface area contributed by atoms with Crippen molar-refractivity contribution in [1.82, 2.24) is 0 Å². The standard InChI is InChI=1S/C22H18O5/c1-25-18-9-7-17(8-10-18)22(24)19(13-15-5-3-2-4-6-15)20(21(23)27-22)16-11-12-26-14-16/h2-12,14,24H,13H2,1H3. The van der Waals surface area contributed by atoms with E-state index in [0.717, 1.165) is 5.56 Å². The average molecular weight is 362 g/mol. The minimum Gasteiger partial charge on any atom is -0.497 e. The van der Waals surface area contributed by atoms with Gasteiger partial charge in [0.1, 0.15) is 5.75 Å². The van der Waals surface area contributed by atoms with Crippen LogP contribution >= 0.6 is 0 Å². The average Bonchev–Trinajstić information content (AvgIpc) is 3.30. The molecule has 0 saturated carbocycles. The normalized spacial score (nSPS) is 19.3. The summed E-state index contributed by atoms with van der Waals surface area (Å²) in [5, 5.41) is 11.4. The van der Waals surface area contributed by atoms with Crippen LogP contribution < -0.4 is 4.74 Å². The molecule has 0 spiro atoms. The monoisotopic (exact) mass is 362 g/mol. The third kappa shape index (κ3) is 3.02. The van der Waals surface area contributed by atoms with E-state index in [4.69, 9.17) is 13.9 Å². The van der Waals surface area contributed by atoms with Crippen LogP contribution in [0.2, 0.25) is 0 Å². The number of carbonyl (C=O) groups is 1. The molecule has 0 bridgehead atoms. The Morgan fingerprint density at radius 2 is 1.78 bits per heavy atom. The maximum Gasteiger partial charge on any atom is 0.342 e. The van der Waals surface area contributed by atoms with Crippen LogP contribution in [0.25, 0.3) is 5.57 Å². The largest absolute Gasteiger partial charge is 0.497 e. The molecule has 0 saturated heterocycles. The Labute approximate surface area is 156 Å². The molecule has 5 heteroatoms. The fourth-order valence-corrected chi connectivity index (χ4v) is 3.30. The van der Waals surface area contributed by atoms with Crippen molar-refractivity contribution in [2.45, 2.75) is 12.2 Å². The molecular weight excluding hydrogens is 344 g/mol. The van der Waals surface area contributed by atoms with Gasteiger partial charge in [0.15, 0.2) is 0 Å². The van der Waals surface area contributed by atoms with E-state index in [1.165, 1.54) is 12.5 Å². The van der Waals surface area contributed by atoms with Crippen LogP contribution in [0.4, 0.5) is 0 Å². The van der Waals surface area contributed by atoms with Gasteiger partial charge in [-0.1, -0.05) is 30.3 Å². The molecule has 1 aromatic heterocycles. The van der Waals surface area contributed by atoms with Crippen molar-refractivity contribution in [1.29, 1.82) is 0 Å². The number of aliphatic hydroxyl groups is 1. The number of hydrogen-bond donors (Lipinski definition) is 1. The van der Waals surface area contributed by atoms with Crippen LogP contribution in [-0.2, 0) is 21.7 Å². The third-order valence-electron chi connectivity index (χ3n) is 4.67. The molecule has 1 aliphatic rings. The Balaban J connectivity index is 1.86. The van der Waals surface area contributed by atoms with Crippen LogP contribution in [0.15, 0.2) is 83.2 Å². The van der Waals surface area contributed by atoms with E-state index in [-0.39, 0.29) is 0 Å². The molecule has 0 aliphatic carbocycles. The molecule has 1 aliphatic heterocycles. The van der Waals surface area contributed by atoms with Crippen molar-refractivity contribution in [3.63, 3.8) is 0 Å². The van der Waals surface area contributed by atoms with Gasteiger partial charge in [-0.05, 0) is 35.9 Å². The molecule has 0 fully saturated rings. The molecule has 0 amide bonds. The second kappa shape index (κ2) is 6.78. The molecule has 3 aromatic rings. The van der Waals surface area contributed by atoms with Crippen molar-refractivity contribution >= 4 is 11.5 Å². The van der Waals surface area contributed by atoms with E-state index in [0.29, 0.717) is 34.4 Å². The summed E-state index contributed by atoms with van der Waals surface area (Å²) in [6.07, 6.45) is 3.32. The van der Waals surface area contributed by atoms with Gasteiger partial charge in [-0.15, -0.1) is 0 Å². The minimum absolute atomic E-state index is 0.325. The highest BCUT2D eigenvalue weighted by atomic mass is 16.7. The Kier molecular flexibility index (Phi) is 4.30. The van der Waals surface area contributed by atoms with Gasteiger partial charge in [-0.25, -0.2) is 4.79 Å². The van der Waals surface area contributed by atoms with Crippen molar-refractivity contribution in [2.24, 2.45) is 0 Å². The molecule has 1 N–H and O–H groups in total. The van der Waals surface area contributed by atoms with Gasteiger partial charge in [-0.3, -0.25) is 0 Å². The highest BCUT2D eigenvalue weighted by Crippen LogP contribution is 2.44. The first-order chi connectivity index (χ1) is 13.1. The Bertz CT molecular complexity index is 971. The number of esters is 1. The lowest BCUT2D eigenvalue weighted by Crippen LogP contribution is -2.29. The zero-order valence-electron chi connectivity index (χ0n) is 14.7. The Morgan fingerprint density at radius 1 is 1.04 bits per heavy atom. The Morgan fingerprint density at radius 3 is 2.41 bits per heavy atom. The van der Waals surface area contributed by atoms with Crippen LogP contribution in [-0.4, -0.2) is 18.2 Å². The SMILES string of the molecule is COc1ccc(C2(O)OC(=O)C(c3ccoc3)=C2Cc2ccccc2)cc1. The molecule has 136 valence electrons. The number of benzene rings is 2. The summed E-state index contributed by atoms with van der Waals surface area (Å²) in [5.74, 6) is -1.79. The van der Waals surface area contributed by atoms with Crippen molar-refractivity contribution in [2.75, 3.05) is 7.11 Å².